The van der Waals surface area contributed by atoms with E-state index in [1.807, 2.05) is 67.5 Å². The fourth-order valence-corrected chi connectivity index (χ4v) is 5.14. The highest BCUT2D eigenvalue weighted by Crippen LogP contribution is 2.42. The standard InChI is InChI=1S/C31H30ClFN2O4/c1-18-8-5-13-24(33)27(18)30(36)34-25(31(37)38)16-19-9-6-11-22-21(19)10-7-12-23(22)28-26(39-4)15-14-20(29(28)32)17-35(2)3/h5-15,25H,16-17H2,1-4H3,(H,34,36)(H,37,38)/t25-/m0/s1. The second kappa shape index (κ2) is 11.8. The summed E-state index contributed by atoms with van der Waals surface area (Å²) in [6.07, 6.45) is 0.000896. The number of hydrogen-bond acceptors (Lipinski definition) is 4. The number of nitrogens with one attached hydrogen (secondary N) is 1. The molecule has 4 aromatic carbocycles. The topological polar surface area (TPSA) is 78.9 Å². The Labute approximate surface area is 232 Å². The number of carboxylic acids is 1. The lowest BCUT2D eigenvalue weighted by Crippen LogP contribution is -2.42. The smallest absolute Gasteiger partial charge is 0.326 e. The zero-order chi connectivity index (χ0) is 28.3. The van der Waals surface area contributed by atoms with Gasteiger partial charge in [-0.25, -0.2) is 9.18 Å². The Bertz CT molecular complexity index is 1530. The van der Waals surface area contributed by atoms with E-state index in [2.05, 4.69) is 5.32 Å². The number of benzene rings is 4. The van der Waals surface area contributed by atoms with E-state index >= 15 is 0 Å². The van der Waals surface area contributed by atoms with Crippen molar-refractivity contribution in [3.8, 4) is 16.9 Å². The van der Waals surface area contributed by atoms with Gasteiger partial charge in [0.2, 0.25) is 0 Å². The quantitative estimate of drug-likeness (QED) is 0.264. The van der Waals surface area contributed by atoms with Crippen molar-refractivity contribution < 1.29 is 23.8 Å². The molecule has 0 saturated carbocycles. The number of amides is 1. The Balaban J connectivity index is 1.76. The van der Waals surface area contributed by atoms with Crippen molar-refractivity contribution in [2.45, 2.75) is 25.9 Å². The second-order valence-electron chi connectivity index (χ2n) is 9.67. The molecule has 4 rings (SSSR count). The SMILES string of the molecule is COc1ccc(CN(C)C)c(Cl)c1-c1cccc2c(C[C@H](NC(=O)c3c(C)cccc3F)C(=O)O)cccc12. The Kier molecular flexibility index (Phi) is 8.53. The van der Waals surface area contributed by atoms with Crippen LogP contribution in [-0.4, -0.2) is 49.1 Å². The van der Waals surface area contributed by atoms with Crippen LogP contribution in [0.4, 0.5) is 4.39 Å². The predicted molar refractivity (Wildman–Crippen MR) is 152 cm³/mol. The molecule has 1 amide bonds. The second-order valence-corrected chi connectivity index (χ2v) is 10.0. The summed E-state index contributed by atoms with van der Waals surface area (Å²) in [5.41, 5.74) is 3.51. The summed E-state index contributed by atoms with van der Waals surface area (Å²) in [5, 5.41) is 14.7. The van der Waals surface area contributed by atoms with Gasteiger partial charge in [-0.05, 0) is 66.2 Å². The average Bonchev–Trinajstić information content (AvgIpc) is 2.89. The molecule has 0 radical (unpaired) electrons. The van der Waals surface area contributed by atoms with Crippen LogP contribution in [0.2, 0.25) is 5.02 Å². The highest BCUT2D eigenvalue weighted by atomic mass is 35.5. The number of carboxylic acid groups (broad SMARTS) is 1. The van der Waals surface area contributed by atoms with Crippen LogP contribution in [0.15, 0.2) is 66.7 Å². The minimum absolute atomic E-state index is 0.000896. The third-order valence-electron chi connectivity index (χ3n) is 6.65. The van der Waals surface area contributed by atoms with Gasteiger partial charge in [0, 0.05) is 18.5 Å². The van der Waals surface area contributed by atoms with E-state index in [9.17, 15) is 19.1 Å². The molecule has 8 heteroatoms. The number of halogens is 2. The van der Waals surface area contributed by atoms with Crippen LogP contribution >= 0.6 is 11.6 Å². The Hall–Kier alpha value is -3.94. The van der Waals surface area contributed by atoms with E-state index in [-0.39, 0.29) is 12.0 Å². The third-order valence-corrected chi connectivity index (χ3v) is 7.08. The number of methoxy groups -OCH3 is 1. The van der Waals surface area contributed by atoms with Gasteiger partial charge in [-0.1, -0.05) is 66.2 Å². The number of carbonyl (C=O) groups excluding carboxylic acids is 1. The summed E-state index contributed by atoms with van der Waals surface area (Å²) < 4.78 is 20.0. The highest BCUT2D eigenvalue weighted by molar-refractivity contribution is 6.35. The molecule has 0 heterocycles. The normalized spacial score (nSPS) is 12.0. The summed E-state index contributed by atoms with van der Waals surface area (Å²) in [7, 11) is 5.53. The monoisotopic (exact) mass is 548 g/mol. The largest absolute Gasteiger partial charge is 0.496 e. The van der Waals surface area contributed by atoms with Crippen molar-refractivity contribution in [1.82, 2.24) is 10.2 Å². The van der Waals surface area contributed by atoms with Crippen LogP contribution in [0.1, 0.15) is 27.0 Å². The van der Waals surface area contributed by atoms with E-state index in [1.165, 1.54) is 12.1 Å². The molecule has 0 saturated heterocycles. The molecule has 0 fully saturated rings. The van der Waals surface area contributed by atoms with Crippen molar-refractivity contribution in [1.29, 1.82) is 0 Å². The first-order valence-electron chi connectivity index (χ1n) is 12.4. The first kappa shape index (κ1) is 28.1. The van der Waals surface area contributed by atoms with Gasteiger partial charge >= 0.3 is 5.97 Å². The maximum atomic E-state index is 14.4. The van der Waals surface area contributed by atoms with Gasteiger partial charge in [0.25, 0.3) is 5.91 Å². The predicted octanol–water partition coefficient (Wildman–Crippen LogP) is 6.10. The van der Waals surface area contributed by atoms with Crippen molar-refractivity contribution >= 4 is 34.2 Å². The maximum Gasteiger partial charge on any atom is 0.326 e. The lowest BCUT2D eigenvalue weighted by molar-refractivity contribution is -0.139. The molecule has 0 spiro atoms. The zero-order valence-electron chi connectivity index (χ0n) is 22.2. The van der Waals surface area contributed by atoms with Crippen LogP contribution in [-0.2, 0) is 17.8 Å². The molecule has 0 aliphatic rings. The molecule has 39 heavy (non-hydrogen) atoms. The van der Waals surface area contributed by atoms with E-state index in [4.69, 9.17) is 16.3 Å². The van der Waals surface area contributed by atoms with Gasteiger partial charge in [0.1, 0.15) is 17.6 Å². The van der Waals surface area contributed by atoms with Crippen molar-refractivity contribution in [2.75, 3.05) is 21.2 Å². The molecule has 1 atom stereocenters. The van der Waals surface area contributed by atoms with Crippen LogP contribution < -0.4 is 10.1 Å². The number of nitrogens with zero attached hydrogens (tertiary/aromatic N) is 1. The molecule has 0 aliphatic heterocycles. The first-order valence-corrected chi connectivity index (χ1v) is 12.8. The van der Waals surface area contributed by atoms with Gasteiger partial charge in [-0.3, -0.25) is 4.79 Å². The molecular formula is C31H30ClFN2O4. The van der Waals surface area contributed by atoms with Crippen LogP contribution in [0, 0.1) is 12.7 Å². The summed E-state index contributed by atoms with van der Waals surface area (Å²) >= 11 is 6.92. The maximum absolute atomic E-state index is 14.4. The van der Waals surface area contributed by atoms with Gasteiger partial charge in [-0.2, -0.15) is 0 Å². The van der Waals surface area contributed by atoms with Crippen LogP contribution in [0.5, 0.6) is 5.75 Å². The molecule has 0 aromatic heterocycles. The molecule has 202 valence electrons. The fraction of sp³-hybridized carbons (Fsp3) is 0.226. The Morgan fingerprint density at radius 1 is 1.00 bits per heavy atom. The summed E-state index contributed by atoms with van der Waals surface area (Å²) in [6, 6.07) is 18.2. The lowest BCUT2D eigenvalue weighted by Gasteiger charge is -2.20. The number of aliphatic carboxylic acids is 1. The minimum Gasteiger partial charge on any atom is -0.496 e. The molecule has 0 unspecified atom stereocenters. The first-order chi connectivity index (χ1) is 18.6. The Morgan fingerprint density at radius 2 is 1.69 bits per heavy atom. The van der Waals surface area contributed by atoms with Gasteiger partial charge < -0.3 is 20.1 Å². The van der Waals surface area contributed by atoms with Crippen molar-refractivity contribution in [3.63, 3.8) is 0 Å². The van der Waals surface area contributed by atoms with E-state index < -0.39 is 23.7 Å². The molecular weight excluding hydrogens is 519 g/mol. The molecule has 0 aliphatic carbocycles. The van der Waals surface area contributed by atoms with Gasteiger partial charge in [0.05, 0.1) is 17.7 Å². The van der Waals surface area contributed by atoms with E-state index in [0.717, 1.165) is 27.5 Å². The molecule has 2 N–H and O–H groups in total. The summed E-state index contributed by atoms with van der Waals surface area (Å²) in [6.45, 7) is 2.25. The number of hydrogen-bond donors (Lipinski definition) is 2. The van der Waals surface area contributed by atoms with Crippen molar-refractivity contribution in [2.24, 2.45) is 0 Å². The zero-order valence-corrected chi connectivity index (χ0v) is 23.0. The molecule has 6 nitrogen and oxygen atoms in total. The Morgan fingerprint density at radius 3 is 2.36 bits per heavy atom. The third kappa shape index (κ3) is 5.90. The van der Waals surface area contributed by atoms with Gasteiger partial charge in [0.15, 0.2) is 0 Å². The number of ether oxygens (including phenoxy) is 1. The summed E-state index contributed by atoms with van der Waals surface area (Å²) in [4.78, 5) is 27.1. The number of carbonyl (C=O) groups is 2. The van der Waals surface area contributed by atoms with Crippen molar-refractivity contribution in [3.05, 3.63) is 99.8 Å². The number of fused-ring (bicyclic) bond motifs is 1. The van der Waals surface area contributed by atoms with Crippen LogP contribution in [0.3, 0.4) is 0 Å². The van der Waals surface area contributed by atoms with Gasteiger partial charge in [-0.15, -0.1) is 0 Å². The molecule has 0 bridgehead atoms. The minimum atomic E-state index is -1.27. The average molecular weight is 549 g/mol. The molecule has 4 aromatic rings. The van der Waals surface area contributed by atoms with E-state index in [0.29, 0.717) is 28.4 Å². The number of aryl methyl sites for hydroxylation is 1. The van der Waals surface area contributed by atoms with E-state index in [1.54, 1.807) is 20.1 Å². The highest BCUT2D eigenvalue weighted by Gasteiger charge is 2.25. The van der Waals surface area contributed by atoms with Crippen LogP contribution in [0.25, 0.3) is 21.9 Å². The summed E-state index contributed by atoms with van der Waals surface area (Å²) in [5.74, 6) is -2.06. The lowest BCUT2D eigenvalue weighted by atomic mass is 9.92. The number of rotatable bonds is 9. The fourth-order valence-electron chi connectivity index (χ4n) is 4.83.